The number of aromatic nitrogens is 2. The third-order valence-corrected chi connectivity index (χ3v) is 14.1. The molecule has 9 aromatic carbocycles. The van der Waals surface area contributed by atoms with Gasteiger partial charge in [0.05, 0.1) is 0 Å². The Bertz CT molecular complexity index is 4010. The number of pyridine rings is 1. The van der Waals surface area contributed by atoms with Crippen LogP contribution in [0.2, 0.25) is 0 Å². The van der Waals surface area contributed by atoms with Crippen LogP contribution in [0.3, 0.4) is 0 Å². The Labute approximate surface area is 460 Å². The number of hydrogen-bond donors (Lipinski definition) is 0. The predicted octanol–water partition coefficient (Wildman–Crippen LogP) is 18.5. The van der Waals surface area contributed by atoms with E-state index in [2.05, 4.69) is 222 Å². The van der Waals surface area contributed by atoms with Crippen LogP contribution >= 0.6 is 0 Å². The summed E-state index contributed by atoms with van der Waals surface area (Å²) in [6, 6.07) is 78.2. The van der Waals surface area contributed by atoms with E-state index in [-0.39, 0.29) is 37.5 Å². The summed E-state index contributed by atoms with van der Waals surface area (Å²) in [6.45, 7) is 13.0. The monoisotopic (exact) mass is 1160 g/mol. The van der Waals surface area contributed by atoms with Crippen LogP contribution in [-0.2, 0) is 31.9 Å². The van der Waals surface area contributed by atoms with Gasteiger partial charge >= 0.3 is 0 Å². The van der Waals surface area contributed by atoms with E-state index in [0.29, 0.717) is 28.4 Å². The summed E-state index contributed by atoms with van der Waals surface area (Å²) in [5, 5.41) is 1.90. The normalized spacial score (nSPS) is 13.3. The first-order valence-corrected chi connectivity index (χ1v) is 25.3. The predicted molar refractivity (Wildman–Crippen MR) is 308 cm³/mol. The standard InChI is InChI=1S/C69H57N4O.Pt/c1-46-36-66(70-44-62(46)51-26-17-27-53(37-51)68(2,3)4)73-63-35-32-50(47-20-11-8-12-21-47)40-61(63)60-34-33-58(43-65(60)73)74-57-29-18-28-55(42-57)71-45-72(67-59(30-19-31-64(67)71)49-24-15-10-16-25-49)56-39-52(48-22-13-9-14-23-48)38-54(41-56)69(5,6)7;/h8-41,44-45H,1-7H3;/q-3;/i1D3;. The van der Waals surface area contributed by atoms with Crippen molar-refractivity contribution in [3.8, 4) is 61.8 Å². The van der Waals surface area contributed by atoms with E-state index >= 15 is 0 Å². The van der Waals surface area contributed by atoms with Gasteiger partial charge in [0.25, 0.3) is 0 Å². The summed E-state index contributed by atoms with van der Waals surface area (Å²) in [5.74, 6) is 1.44. The van der Waals surface area contributed by atoms with E-state index < -0.39 is 6.85 Å². The molecule has 12 rings (SSSR count). The number of benzene rings is 9. The minimum Gasteiger partial charge on any atom is -0.509 e. The van der Waals surface area contributed by atoms with Crippen molar-refractivity contribution in [2.24, 2.45) is 0 Å². The Hall–Kier alpha value is -7.98. The van der Waals surface area contributed by atoms with Gasteiger partial charge in [-0.05, 0) is 103 Å². The van der Waals surface area contributed by atoms with E-state index in [1.165, 1.54) is 5.56 Å². The number of para-hydroxylation sites is 1. The van der Waals surface area contributed by atoms with Crippen LogP contribution in [0.4, 0.5) is 22.7 Å². The molecule has 372 valence electrons. The summed E-state index contributed by atoms with van der Waals surface area (Å²) in [5.41, 5.74) is 15.9. The number of anilines is 4. The molecule has 0 saturated carbocycles. The van der Waals surface area contributed by atoms with Gasteiger partial charge in [0.15, 0.2) is 0 Å². The van der Waals surface area contributed by atoms with Gasteiger partial charge < -0.3 is 19.1 Å². The van der Waals surface area contributed by atoms with Crippen LogP contribution in [0, 0.1) is 25.7 Å². The Morgan fingerprint density at radius 3 is 1.88 bits per heavy atom. The fourth-order valence-corrected chi connectivity index (χ4v) is 10.2. The van der Waals surface area contributed by atoms with Crippen molar-refractivity contribution in [2.75, 3.05) is 9.80 Å². The van der Waals surface area contributed by atoms with Gasteiger partial charge in [-0.15, -0.1) is 48.1 Å². The molecular weight excluding hydrogens is 1100 g/mol. The molecule has 0 unspecified atom stereocenters. The Morgan fingerprint density at radius 2 is 1.16 bits per heavy atom. The van der Waals surface area contributed by atoms with E-state index in [4.69, 9.17) is 13.8 Å². The van der Waals surface area contributed by atoms with Gasteiger partial charge in [-0.3, -0.25) is 0 Å². The molecule has 0 atom stereocenters. The van der Waals surface area contributed by atoms with Crippen LogP contribution in [0.1, 0.15) is 62.3 Å². The molecule has 0 bridgehead atoms. The minimum atomic E-state index is -2.43. The molecule has 1 aliphatic heterocycles. The zero-order valence-electron chi connectivity index (χ0n) is 45.8. The quantitative estimate of drug-likeness (QED) is 0.135. The Balaban J connectivity index is 0.00000645. The molecule has 0 radical (unpaired) electrons. The van der Waals surface area contributed by atoms with Gasteiger partial charge in [-0.2, -0.15) is 12.1 Å². The fourth-order valence-electron chi connectivity index (χ4n) is 10.2. The van der Waals surface area contributed by atoms with Gasteiger partial charge in [-0.25, -0.2) is 4.98 Å². The largest absolute Gasteiger partial charge is 0.509 e. The Kier molecular flexibility index (Phi) is 12.0. The van der Waals surface area contributed by atoms with Gasteiger partial charge in [0, 0.05) is 76.6 Å². The van der Waals surface area contributed by atoms with Crippen LogP contribution in [-0.4, -0.2) is 9.55 Å². The first-order chi connectivity index (χ1) is 37.0. The number of nitrogens with zero attached hydrogens (tertiary/aromatic N) is 4. The van der Waals surface area contributed by atoms with Crippen LogP contribution < -0.4 is 14.5 Å². The second-order valence-electron chi connectivity index (χ2n) is 21.2. The average molecular weight is 1160 g/mol. The molecule has 0 N–H and O–H groups in total. The molecule has 2 aromatic heterocycles. The molecule has 0 aliphatic carbocycles. The van der Waals surface area contributed by atoms with Crippen molar-refractivity contribution in [2.45, 2.75) is 59.2 Å². The first kappa shape index (κ1) is 45.6. The molecule has 6 heteroatoms. The number of aryl methyl sites for hydroxylation is 1. The number of rotatable bonds is 9. The molecule has 11 aromatic rings. The zero-order chi connectivity index (χ0) is 53.2. The third-order valence-electron chi connectivity index (χ3n) is 14.1. The van der Waals surface area contributed by atoms with Crippen molar-refractivity contribution in [1.29, 1.82) is 0 Å². The number of ether oxygens (including phenoxy) is 1. The summed E-state index contributed by atoms with van der Waals surface area (Å²) >= 11 is 0. The summed E-state index contributed by atoms with van der Waals surface area (Å²) in [4.78, 5) is 9.55. The minimum absolute atomic E-state index is 0. The molecule has 3 heterocycles. The fraction of sp³-hybridized carbons (Fsp3) is 0.130. The van der Waals surface area contributed by atoms with Crippen LogP contribution in [0.15, 0.2) is 212 Å². The second-order valence-corrected chi connectivity index (χ2v) is 21.2. The first-order valence-electron chi connectivity index (χ1n) is 26.8. The van der Waals surface area contributed by atoms with Crippen molar-refractivity contribution in [3.05, 3.63) is 248 Å². The van der Waals surface area contributed by atoms with Crippen molar-refractivity contribution >= 4 is 44.6 Å². The molecular formula is C69H57N4OPt-3. The van der Waals surface area contributed by atoms with E-state index in [0.717, 1.165) is 83.5 Å². The number of hydrogen-bond acceptors (Lipinski definition) is 4. The van der Waals surface area contributed by atoms with E-state index in [9.17, 15) is 0 Å². The summed E-state index contributed by atoms with van der Waals surface area (Å²) in [6.07, 6.45) is 1.70. The maximum atomic E-state index is 8.82. The van der Waals surface area contributed by atoms with E-state index in [1.54, 1.807) is 12.3 Å². The molecule has 75 heavy (non-hydrogen) atoms. The molecule has 0 saturated heterocycles. The zero-order valence-corrected chi connectivity index (χ0v) is 45.1. The van der Waals surface area contributed by atoms with Gasteiger partial charge in [0.1, 0.15) is 5.82 Å². The maximum absolute atomic E-state index is 8.82. The van der Waals surface area contributed by atoms with E-state index in [1.807, 2.05) is 53.1 Å². The topological polar surface area (TPSA) is 33.5 Å². The second kappa shape index (κ2) is 19.7. The molecule has 0 fully saturated rings. The van der Waals surface area contributed by atoms with Crippen molar-refractivity contribution in [3.63, 3.8) is 0 Å². The van der Waals surface area contributed by atoms with Crippen LogP contribution in [0.25, 0.3) is 72.1 Å². The van der Waals surface area contributed by atoms with Crippen molar-refractivity contribution in [1.82, 2.24) is 9.55 Å². The molecule has 0 amide bonds. The Morgan fingerprint density at radius 1 is 0.507 bits per heavy atom. The smallest absolute Gasteiger partial charge is 0.135 e. The molecule has 1 aliphatic rings. The third kappa shape index (κ3) is 9.47. The van der Waals surface area contributed by atoms with Gasteiger partial charge in [-0.1, -0.05) is 193 Å². The van der Waals surface area contributed by atoms with Crippen LogP contribution in [0.5, 0.6) is 11.5 Å². The van der Waals surface area contributed by atoms with Crippen molar-refractivity contribution < 1.29 is 29.9 Å². The SMILES string of the molecule is [2H]C([2H])([2H])c1cc(-n2c3[c-]c(Oc4[c-]c(N5[CH-]N(c6cc(-c7ccccc7)cc(C(C)(C)C)c6)c6c(-c7ccccc7)cccc65)ccc4)ccc3c3cc(-c4ccccc4)ccc32)ncc1-c1cccc(C(C)(C)C)c1.[Pt]. The summed E-state index contributed by atoms with van der Waals surface area (Å²) < 4.78 is 35.3. The summed E-state index contributed by atoms with van der Waals surface area (Å²) in [7, 11) is 0. The van der Waals surface area contributed by atoms with Gasteiger partial charge in [0.2, 0.25) is 0 Å². The number of fused-ring (bicyclic) bond motifs is 4. The molecule has 5 nitrogen and oxygen atoms in total. The average Bonchev–Trinajstić information content (AvgIpc) is 4.23. The maximum Gasteiger partial charge on any atom is 0.135 e. The molecule has 0 spiro atoms.